The van der Waals surface area contributed by atoms with Crippen LogP contribution in [-0.2, 0) is 0 Å². The maximum atomic E-state index is 12.2. The van der Waals surface area contributed by atoms with Crippen molar-refractivity contribution in [3.63, 3.8) is 0 Å². The van der Waals surface area contributed by atoms with Gasteiger partial charge >= 0.3 is 0 Å². The molecule has 1 N–H and O–H groups in total. The topological polar surface area (TPSA) is 75.4 Å². The fraction of sp³-hybridized carbons (Fsp3) is 0.160. The maximum Gasteiger partial charge on any atom is 0.300 e. The lowest BCUT2D eigenvalue weighted by atomic mass is 9.98. The summed E-state index contributed by atoms with van der Waals surface area (Å²) in [5.74, 6) is -0.0356. The number of amides is 1. The Morgan fingerprint density at radius 2 is 1.81 bits per heavy atom. The van der Waals surface area contributed by atoms with Gasteiger partial charge < -0.3 is 14.6 Å². The van der Waals surface area contributed by atoms with E-state index >= 15 is 0 Å². The molecule has 0 aliphatic carbocycles. The standard InChI is InChI=1S/C25H23N3O3/c1-15-12-17(14-29)8-10-19(15)21-6-5-7-22-23(21)31-25(27-22)26-18-9-11-20(16(2)13-18)24(30)28(3)4/h5-14H,1-4H3,(H,26,27). The van der Waals surface area contributed by atoms with E-state index in [1.807, 2.05) is 56.3 Å². The molecule has 31 heavy (non-hydrogen) atoms. The van der Waals surface area contributed by atoms with Crippen molar-refractivity contribution in [1.82, 2.24) is 9.88 Å². The molecule has 156 valence electrons. The summed E-state index contributed by atoms with van der Waals surface area (Å²) < 4.78 is 6.06. The summed E-state index contributed by atoms with van der Waals surface area (Å²) in [6.07, 6.45) is 0.840. The molecule has 0 saturated carbocycles. The Balaban J connectivity index is 1.68. The minimum absolute atomic E-state index is 0.0356. The number of oxazole rings is 1. The van der Waals surface area contributed by atoms with Gasteiger partial charge in [0.15, 0.2) is 5.58 Å². The number of benzene rings is 3. The molecule has 1 amide bonds. The smallest absolute Gasteiger partial charge is 0.300 e. The van der Waals surface area contributed by atoms with Gasteiger partial charge in [-0.15, -0.1) is 0 Å². The van der Waals surface area contributed by atoms with Gasteiger partial charge in [0.25, 0.3) is 11.9 Å². The Hall–Kier alpha value is -3.93. The number of carbonyl (C=O) groups excluding carboxylic acids is 2. The number of nitrogens with zero attached hydrogens (tertiary/aromatic N) is 2. The van der Waals surface area contributed by atoms with Gasteiger partial charge in [-0.05, 0) is 60.9 Å². The average Bonchev–Trinajstić information content (AvgIpc) is 3.16. The summed E-state index contributed by atoms with van der Waals surface area (Å²) in [6.45, 7) is 3.87. The molecule has 0 radical (unpaired) electrons. The van der Waals surface area contributed by atoms with Gasteiger partial charge in [0.1, 0.15) is 11.8 Å². The molecule has 0 aliphatic rings. The minimum Gasteiger partial charge on any atom is -0.423 e. The number of hydrogen-bond donors (Lipinski definition) is 1. The van der Waals surface area contributed by atoms with Crippen molar-refractivity contribution in [3.8, 4) is 11.1 Å². The van der Waals surface area contributed by atoms with Crippen LogP contribution in [0, 0.1) is 13.8 Å². The minimum atomic E-state index is -0.0356. The van der Waals surface area contributed by atoms with Crippen LogP contribution in [0.25, 0.3) is 22.2 Å². The Bertz CT molecular complexity index is 1300. The molecule has 4 aromatic rings. The summed E-state index contributed by atoms with van der Waals surface area (Å²) in [5.41, 5.74) is 7.23. The van der Waals surface area contributed by atoms with Gasteiger partial charge in [-0.3, -0.25) is 9.59 Å². The van der Waals surface area contributed by atoms with Crippen LogP contribution in [0.5, 0.6) is 0 Å². The summed E-state index contributed by atoms with van der Waals surface area (Å²) in [6, 6.07) is 17.3. The second-order valence-electron chi connectivity index (χ2n) is 7.72. The molecular weight excluding hydrogens is 390 g/mol. The first-order valence-corrected chi connectivity index (χ1v) is 9.92. The van der Waals surface area contributed by atoms with E-state index in [9.17, 15) is 9.59 Å². The van der Waals surface area contributed by atoms with Gasteiger partial charge in [-0.2, -0.15) is 4.98 Å². The van der Waals surface area contributed by atoms with Crippen molar-refractivity contribution in [2.45, 2.75) is 13.8 Å². The first-order chi connectivity index (χ1) is 14.9. The van der Waals surface area contributed by atoms with Crippen molar-refractivity contribution >= 4 is 35.0 Å². The summed E-state index contributed by atoms with van der Waals surface area (Å²) in [5, 5.41) is 3.19. The molecule has 0 unspecified atom stereocenters. The van der Waals surface area contributed by atoms with Gasteiger partial charge in [-0.25, -0.2) is 0 Å². The van der Waals surface area contributed by atoms with E-state index in [-0.39, 0.29) is 5.91 Å². The average molecular weight is 413 g/mol. The highest BCUT2D eigenvalue weighted by molar-refractivity contribution is 5.96. The molecule has 3 aromatic carbocycles. The summed E-state index contributed by atoms with van der Waals surface area (Å²) in [7, 11) is 3.47. The van der Waals surface area contributed by atoms with Gasteiger partial charge in [-0.1, -0.05) is 24.3 Å². The van der Waals surface area contributed by atoms with Crippen molar-refractivity contribution in [3.05, 3.63) is 76.9 Å². The zero-order valence-corrected chi connectivity index (χ0v) is 17.9. The van der Waals surface area contributed by atoms with Crippen molar-refractivity contribution in [2.75, 3.05) is 19.4 Å². The number of hydrogen-bond acceptors (Lipinski definition) is 5. The molecule has 0 saturated heterocycles. The quantitative estimate of drug-likeness (QED) is 0.445. The highest BCUT2D eigenvalue weighted by atomic mass is 16.4. The van der Waals surface area contributed by atoms with E-state index in [0.717, 1.165) is 39.7 Å². The maximum absolute atomic E-state index is 12.2. The second-order valence-corrected chi connectivity index (χ2v) is 7.72. The number of rotatable bonds is 5. The number of nitrogens with one attached hydrogen (secondary N) is 1. The first-order valence-electron chi connectivity index (χ1n) is 9.92. The third-order valence-corrected chi connectivity index (χ3v) is 5.21. The second kappa shape index (κ2) is 8.07. The number of anilines is 2. The Kier molecular flexibility index (Phi) is 5.29. The number of aryl methyl sites for hydroxylation is 2. The lowest BCUT2D eigenvalue weighted by Gasteiger charge is -2.13. The van der Waals surface area contributed by atoms with E-state index < -0.39 is 0 Å². The lowest BCUT2D eigenvalue weighted by Crippen LogP contribution is -2.22. The van der Waals surface area contributed by atoms with Crippen LogP contribution >= 0.6 is 0 Å². The van der Waals surface area contributed by atoms with Crippen LogP contribution in [0.2, 0.25) is 0 Å². The SMILES string of the molecule is Cc1cc(Nc2nc3cccc(-c4ccc(C=O)cc4C)c3o2)ccc1C(=O)N(C)C. The van der Waals surface area contributed by atoms with Crippen LogP contribution in [-0.4, -0.2) is 36.2 Å². The number of fused-ring (bicyclic) bond motifs is 1. The Morgan fingerprint density at radius 1 is 1.00 bits per heavy atom. The molecule has 0 bridgehead atoms. The molecule has 4 rings (SSSR count). The molecule has 1 heterocycles. The molecule has 0 atom stereocenters. The first kappa shape index (κ1) is 20.3. The Morgan fingerprint density at radius 3 is 2.48 bits per heavy atom. The Labute approximate surface area is 180 Å². The molecule has 0 aliphatic heterocycles. The van der Waals surface area contributed by atoms with Crippen LogP contribution in [0.3, 0.4) is 0 Å². The van der Waals surface area contributed by atoms with Crippen molar-refractivity contribution in [1.29, 1.82) is 0 Å². The summed E-state index contributed by atoms with van der Waals surface area (Å²) >= 11 is 0. The third-order valence-electron chi connectivity index (χ3n) is 5.21. The van der Waals surface area contributed by atoms with Gasteiger partial charge in [0.2, 0.25) is 0 Å². The fourth-order valence-electron chi connectivity index (χ4n) is 3.62. The van der Waals surface area contributed by atoms with E-state index in [2.05, 4.69) is 10.3 Å². The molecular formula is C25H23N3O3. The van der Waals surface area contributed by atoms with E-state index in [1.165, 1.54) is 0 Å². The predicted molar refractivity (Wildman–Crippen MR) is 122 cm³/mol. The fourth-order valence-corrected chi connectivity index (χ4v) is 3.62. The highest BCUT2D eigenvalue weighted by Gasteiger charge is 2.15. The van der Waals surface area contributed by atoms with Crippen LogP contribution in [0.1, 0.15) is 31.8 Å². The monoisotopic (exact) mass is 413 g/mol. The zero-order valence-electron chi connectivity index (χ0n) is 17.9. The summed E-state index contributed by atoms with van der Waals surface area (Å²) in [4.78, 5) is 29.4. The lowest BCUT2D eigenvalue weighted by molar-refractivity contribution is 0.0827. The van der Waals surface area contributed by atoms with Crippen LogP contribution < -0.4 is 5.32 Å². The predicted octanol–water partition coefficient (Wildman–Crippen LogP) is 5.37. The van der Waals surface area contributed by atoms with Crippen molar-refractivity contribution in [2.24, 2.45) is 0 Å². The number of aldehydes is 1. The molecule has 6 nitrogen and oxygen atoms in total. The third kappa shape index (κ3) is 3.92. The van der Waals surface area contributed by atoms with E-state index in [0.29, 0.717) is 22.7 Å². The molecule has 6 heteroatoms. The van der Waals surface area contributed by atoms with Crippen LogP contribution in [0.15, 0.2) is 59.0 Å². The van der Waals surface area contributed by atoms with Gasteiger partial charge in [0, 0.05) is 36.5 Å². The number of para-hydroxylation sites is 1. The van der Waals surface area contributed by atoms with Crippen LogP contribution in [0.4, 0.5) is 11.7 Å². The van der Waals surface area contributed by atoms with E-state index in [1.54, 1.807) is 31.1 Å². The molecule has 0 fully saturated rings. The van der Waals surface area contributed by atoms with Crippen molar-refractivity contribution < 1.29 is 14.0 Å². The van der Waals surface area contributed by atoms with Gasteiger partial charge in [0.05, 0.1) is 0 Å². The molecule has 1 aromatic heterocycles. The number of carbonyl (C=O) groups is 2. The van der Waals surface area contributed by atoms with E-state index in [4.69, 9.17) is 4.42 Å². The zero-order chi connectivity index (χ0) is 22.1. The highest BCUT2D eigenvalue weighted by Crippen LogP contribution is 2.33. The largest absolute Gasteiger partial charge is 0.423 e. The molecule has 0 spiro atoms. The number of aromatic nitrogens is 1. The normalized spacial score (nSPS) is 10.8.